The van der Waals surface area contributed by atoms with Crippen molar-refractivity contribution in [3.8, 4) is 11.1 Å². The maximum Gasteiger partial charge on any atom is 0.309 e. The summed E-state index contributed by atoms with van der Waals surface area (Å²) in [7, 11) is 1.65. The minimum absolute atomic E-state index is 0.0658. The molecule has 0 aromatic heterocycles. The van der Waals surface area contributed by atoms with Gasteiger partial charge in [0.1, 0.15) is 0 Å². The van der Waals surface area contributed by atoms with Crippen LogP contribution in [-0.4, -0.2) is 36.0 Å². The van der Waals surface area contributed by atoms with E-state index < -0.39 is 11.4 Å². The van der Waals surface area contributed by atoms with Gasteiger partial charge in [0.2, 0.25) is 0 Å². The average Bonchev–Trinajstić information content (AvgIpc) is 2.85. The third-order valence-corrected chi connectivity index (χ3v) is 5.98. The lowest BCUT2D eigenvalue weighted by Crippen LogP contribution is -2.26. The van der Waals surface area contributed by atoms with Crippen molar-refractivity contribution in [3.63, 3.8) is 0 Å². The number of hydrogen-bond donors (Lipinski definition) is 3. The number of Topliss-reactive ketones (excluding diaryl/α,β-unsaturated/α-hetero) is 1. The molecule has 37 heavy (non-hydrogen) atoms. The molecule has 2 aromatic rings. The average molecular weight is 501 g/mol. The number of rotatable bonds is 10. The number of aliphatic carboxylic acids is 1. The Balaban J connectivity index is 1.58. The van der Waals surface area contributed by atoms with Gasteiger partial charge in [-0.2, -0.15) is 0 Å². The first-order chi connectivity index (χ1) is 17.6. The summed E-state index contributed by atoms with van der Waals surface area (Å²) in [5.74, 6) is -1.56. The van der Waals surface area contributed by atoms with Crippen molar-refractivity contribution in [2.45, 2.75) is 32.8 Å². The van der Waals surface area contributed by atoms with Crippen molar-refractivity contribution in [1.82, 2.24) is 5.32 Å². The molecule has 3 N–H and O–H groups in total. The van der Waals surface area contributed by atoms with Gasteiger partial charge in [-0.05, 0) is 43.2 Å². The molecular formula is C30H32N2O5. The number of ether oxygens (including phenoxy) is 1. The summed E-state index contributed by atoms with van der Waals surface area (Å²) in [4.78, 5) is 36.4. The van der Waals surface area contributed by atoms with Crippen LogP contribution in [0.4, 0.5) is 5.69 Å². The molecule has 7 nitrogen and oxygen atoms in total. The Morgan fingerprint density at radius 2 is 1.62 bits per heavy atom. The van der Waals surface area contributed by atoms with Crippen LogP contribution < -0.4 is 10.6 Å². The zero-order chi connectivity index (χ0) is 27.0. The number of ketones is 1. The number of carboxylic acid groups (broad SMARTS) is 1. The van der Waals surface area contributed by atoms with Crippen LogP contribution >= 0.6 is 0 Å². The normalized spacial score (nSPS) is 17.5. The molecule has 1 aliphatic rings. The molecule has 0 saturated carbocycles. The second kappa shape index (κ2) is 12.1. The van der Waals surface area contributed by atoms with Crippen LogP contribution in [-0.2, 0) is 14.3 Å². The maximum absolute atomic E-state index is 12.6. The van der Waals surface area contributed by atoms with Gasteiger partial charge < -0.3 is 20.5 Å². The summed E-state index contributed by atoms with van der Waals surface area (Å²) in [5.41, 5.74) is 2.84. The molecule has 3 rings (SSSR count). The van der Waals surface area contributed by atoms with Gasteiger partial charge in [0.15, 0.2) is 5.78 Å². The van der Waals surface area contributed by atoms with Crippen molar-refractivity contribution in [1.29, 1.82) is 0 Å². The summed E-state index contributed by atoms with van der Waals surface area (Å²) in [5, 5.41) is 15.1. The van der Waals surface area contributed by atoms with Gasteiger partial charge in [0, 0.05) is 36.9 Å². The third kappa shape index (κ3) is 7.62. The first-order valence-corrected chi connectivity index (χ1v) is 11.9. The van der Waals surface area contributed by atoms with Crippen molar-refractivity contribution >= 4 is 23.3 Å². The van der Waals surface area contributed by atoms with E-state index in [2.05, 4.69) is 17.2 Å². The number of carboxylic acids is 1. The van der Waals surface area contributed by atoms with Gasteiger partial charge in [-0.3, -0.25) is 14.4 Å². The summed E-state index contributed by atoms with van der Waals surface area (Å²) < 4.78 is 5.29. The fourth-order valence-electron chi connectivity index (χ4n) is 3.62. The van der Waals surface area contributed by atoms with Gasteiger partial charge in [0.05, 0.1) is 17.2 Å². The summed E-state index contributed by atoms with van der Waals surface area (Å²) >= 11 is 0. The first-order valence-electron chi connectivity index (χ1n) is 11.9. The number of benzene rings is 2. The molecule has 0 bridgehead atoms. The highest BCUT2D eigenvalue weighted by Crippen LogP contribution is 2.26. The molecule has 0 saturated heterocycles. The van der Waals surface area contributed by atoms with E-state index in [-0.39, 0.29) is 29.9 Å². The summed E-state index contributed by atoms with van der Waals surface area (Å²) in [6, 6.07) is 14.4. The third-order valence-electron chi connectivity index (χ3n) is 5.98. The molecule has 1 amide bonds. The lowest BCUT2D eigenvalue weighted by atomic mass is 9.85. The van der Waals surface area contributed by atoms with Crippen LogP contribution in [0.25, 0.3) is 11.1 Å². The van der Waals surface area contributed by atoms with Gasteiger partial charge in [-0.25, -0.2) is 0 Å². The molecule has 1 aliphatic carbocycles. The molecule has 0 aliphatic heterocycles. The Hall–Kier alpha value is -4.23. The van der Waals surface area contributed by atoms with Crippen molar-refractivity contribution < 1.29 is 24.2 Å². The van der Waals surface area contributed by atoms with Crippen LogP contribution in [0.15, 0.2) is 96.9 Å². The zero-order valence-electron chi connectivity index (χ0n) is 21.3. The molecule has 7 heteroatoms. The fraction of sp³-hybridized carbons (Fsp3) is 0.233. The zero-order valence-corrected chi connectivity index (χ0v) is 21.3. The highest BCUT2D eigenvalue weighted by Gasteiger charge is 2.30. The number of carbonyl (C=O) groups is 3. The largest absolute Gasteiger partial charge is 0.481 e. The van der Waals surface area contributed by atoms with E-state index >= 15 is 0 Å². The minimum atomic E-state index is -1.12. The van der Waals surface area contributed by atoms with Crippen LogP contribution in [0.1, 0.15) is 37.0 Å². The molecule has 0 fully saturated rings. The lowest BCUT2D eigenvalue weighted by Gasteiger charge is -2.17. The number of hydrogen-bond acceptors (Lipinski definition) is 5. The second-order valence-corrected chi connectivity index (χ2v) is 9.41. The summed E-state index contributed by atoms with van der Waals surface area (Å²) in [6.07, 6.45) is 10.1. The van der Waals surface area contributed by atoms with E-state index in [0.29, 0.717) is 17.7 Å². The summed E-state index contributed by atoms with van der Waals surface area (Å²) in [6.45, 7) is 6.93. The van der Waals surface area contributed by atoms with Gasteiger partial charge >= 0.3 is 5.97 Å². The number of methoxy groups -OCH3 is 1. The SMILES string of the molecule is C=C(N/C1=C/C=CC(OC)/C=C\C1)C(=O)Nc1ccc(-c2ccc(C(=O)CC(C)(C)C(=O)O)cc2)cc1. The van der Waals surface area contributed by atoms with Crippen LogP contribution in [0.5, 0.6) is 0 Å². The molecular weight excluding hydrogens is 468 g/mol. The first kappa shape index (κ1) is 27.4. The Labute approximate surface area is 217 Å². The monoisotopic (exact) mass is 500 g/mol. The van der Waals surface area contributed by atoms with Crippen molar-refractivity contribution in [2.24, 2.45) is 5.41 Å². The molecule has 2 aromatic carbocycles. The standard InChI is InChI=1S/C30H32N2O5/c1-20(31-24-7-5-9-26(37-4)10-6-8-24)28(34)32-25-17-15-22(16-18-25)21-11-13-23(14-12-21)27(33)19-30(2,3)29(35)36/h5-7,9-18,26,31H,1,8,19H2,2-4H3,(H,32,34)(H,35,36)/b9-5?,10-6-,24-7+. The smallest absolute Gasteiger partial charge is 0.309 e. The highest BCUT2D eigenvalue weighted by molar-refractivity contribution is 6.03. The Bertz CT molecular complexity index is 1250. The van der Waals surface area contributed by atoms with E-state index in [0.717, 1.165) is 16.8 Å². The van der Waals surface area contributed by atoms with Gasteiger partial charge in [-0.1, -0.05) is 67.3 Å². The quantitative estimate of drug-likeness (QED) is 0.226. The van der Waals surface area contributed by atoms with Gasteiger partial charge in [0.25, 0.3) is 5.91 Å². The molecule has 1 atom stereocenters. The Morgan fingerprint density at radius 3 is 2.22 bits per heavy atom. The molecule has 0 heterocycles. The number of nitrogens with one attached hydrogen (secondary N) is 2. The molecule has 0 radical (unpaired) electrons. The van der Waals surface area contributed by atoms with E-state index in [1.807, 2.05) is 54.6 Å². The molecule has 0 spiro atoms. The van der Waals surface area contributed by atoms with E-state index in [1.165, 1.54) is 13.8 Å². The predicted octanol–water partition coefficient (Wildman–Crippen LogP) is 5.49. The van der Waals surface area contributed by atoms with Gasteiger partial charge in [-0.15, -0.1) is 0 Å². The number of anilines is 1. The lowest BCUT2D eigenvalue weighted by molar-refractivity contribution is -0.146. The minimum Gasteiger partial charge on any atom is -0.481 e. The predicted molar refractivity (Wildman–Crippen MR) is 145 cm³/mol. The van der Waals surface area contributed by atoms with Crippen LogP contribution in [0, 0.1) is 5.41 Å². The highest BCUT2D eigenvalue weighted by atomic mass is 16.5. The van der Waals surface area contributed by atoms with Crippen molar-refractivity contribution in [2.75, 3.05) is 12.4 Å². The van der Waals surface area contributed by atoms with E-state index in [9.17, 15) is 19.5 Å². The Kier molecular flexibility index (Phi) is 8.98. The second-order valence-electron chi connectivity index (χ2n) is 9.41. The molecule has 192 valence electrons. The topological polar surface area (TPSA) is 105 Å². The fourth-order valence-corrected chi connectivity index (χ4v) is 3.62. The van der Waals surface area contributed by atoms with Crippen molar-refractivity contribution in [3.05, 3.63) is 102 Å². The number of amides is 1. The maximum atomic E-state index is 12.6. The van der Waals surface area contributed by atoms with Crippen LogP contribution in [0.3, 0.4) is 0 Å². The van der Waals surface area contributed by atoms with E-state index in [4.69, 9.17) is 4.74 Å². The molecule has 1 unspecified atom stereocenters. The van der Waals surface area contributed by atoms with Crippen LogP contribution in [0.2, 0.25) is 0 Å². The number of allylic oxidation sites excluding steroid dienone is 3. The van der Waals surface area contributed by atoms with E-state index in [1.54, 1.807) is 31.4 Å². The number of carbonyl (C=O) groups excluding carboxylic acids is 2. The Morgan fingerprint density at radius 1 is 1.00 bits per heavy atom.